The van der Waals surface area contributed by atoms with Crippen LogP contribution in [0, 0.1) is 5.92 Å². The van der Waals surface area contributed by atoms with Crippen LogP contribution in [0.15, 0.2) is 18.3 Å². The van der Waals surface area contributed by atoms with E-state index in [1.807, 2.05) is 12.3 Å². The molecule has 1 saturated heterocycles. The van der Waals surface area contributed by atoms with Crippen molar-refractivity contribution in [3.63, 3.8) is 0 Å². The molecule has 106 valence electrons. The van der Waals surface area contributed by atoms with Crippen LogP contribution in [-0.2, 0) is 6.54 Å². The molecule has 1 N–H and O–H groups in total. The van der Waals surface area contributed by atoms with E-state index in [0.717, 1.165) is 37.3 Å². The van der Waals surface area contributed by atoms with Crippen LogP contribution in [0.25, 0.3) is 0 Å². The zero-order valence-corrected chi connectivity index (χ0v) is 12.5. The van der Waals surface area contributed by atoms with Gasteiger partial charge in [-0.05, 0) is 37.8 Å². The highest BCUT2D eigenvalue weighted by molar-refractivity contribution is 5.43. The molecule has 2 heterocycles. The van der Waals surface area contributed by atoms with E-state index in [1.165, 1.54) is 24.9 Å². The van der Waals surface area contributed by atoms with Gasteiger partial charge in [-0.15, -0.1) is 0 Å². The van der Waals surface area contributed by atoms with Gasteiger partial charge in [0.25, 0.3) is 0 Å². The number of anilines is 1. The highest BCUT2D eigenvalue weighted by atomic mass is 15.2. The monoisotopic (exact) mass is 261 g/mol. The topological polar surface area (TPSA) is 28.2 Å². The van der Waals surface area contributed by atoms with Crippen LogP contribution >= 0.6 is 0 Å². The Kier molecular flexibility index (Phi) is 5.20. The summed E-state index contributed by atoms with van der Waals surface area (Å²) in [4.78, 5) is 7.11. The lowest BCUT2D eigenvalue weighted by atomic mass is 10.0. The van der Waals surface area contributed by atoms with Crippen molar-refractivity contribution < 1.29 is 0 Å². The predicted octanol–water partition coefficient (Wildman–Crippen LogP) is 3.52. The second-order valence-corrected chi connectivity index (χ2v) is 5.86. The first-order valence-electron chi connectivity index (χ1n) is 7.64. The van der Waals surface area contributed by atoms with Crippen LogP contribution in [0.1, 0.15) is 45.6 Å². The second-order valence-electron chi connectivity index (χ2n) is 5.86. The molecule has 0 saturated carbocycles. The summed E-state index contributed by atoms with van der Waals surface area (Å²) in [7, 11) is 0. The van der Waals surface area contributed by atoms with E-state index in [-0.39, 0.29) is 0 Å². The molecule has 1 aromatic rings. The summed E-state index contributed by atoms with van der Waals surface area (Å²) < 4.78 is 0. The summed E-state index contributed by atoms with van der Waals surface area (Å²) in [5.41, 5.74) is 1.34. The summed E-state index contributed by atoms with van der Waals surface area (Å²) in [5.74, 6) is 1.81. The molecule has 0 amide bonds. The van der Waals surface area contributed by atoms with Gasteiger partial charge in [-0.1, -0.05) is 26.8 Å². The number of aromatic nitrogens is 1. The SMILES string of the molecule is CCCNc1ncccc1CN1CCCC1C(C)C. The molecule has 1 aliphatic rings. The molecular formula is C16H27N3. The lowest BCUT2D eigenvalue weighted by Crippen LogP contribution is -2.33. The number of hydrogen-bond acceptors (Lipinski definition) is 3. The lowest BCUT2D eigenvalue weighted by Gasteiger charge is -2.28. The fourth-order valence-corrected chi connectivity index (χ4v) is 2.99. The van der Waals surface area contributed by atoms with Crippen LogP contribution in [0.3, 0.4) is 0 Å². The van der Waals surface area contributed by atoms with Gasteiger partial charge in [0.05, 0.1) is 0 Å². The summed E-state index contributed by atoms with van der Waals surface area (Å²) in [5, 5.41) is 3.44. The van der Waals surface area contributed by atoms with Gasteiger partial charge in [0.2, 0.25) is 0 Å². The Balaban J connectivity index is 2.05. The van der Waals surface area contributed by atoms with Crippen molar-refractivity contribution in [2.75, 3.05) is 18.4 Å². The standard InChI is InChI=1S/C16H27N3/c1-4-9-17-16-14(7-5-10-18-16)12-19-11-6-8-15(19)13(2)3/h5,7,10,13,15H,4,6,8-9,11-12H2,1-3H3,(H,17,18). The van der Waals surface area contributed by atoms with Crippen molar-refractivity contribution in [1.82, 2.24) is 9.88 Å². The third-order valence-corrected chi connectivity index (χ3v) is 3.99. The van der Waals surface area contributed by atoms with E-state index < -0.39 is 0 Å². The molecule has 1 aliphatic heterocycles. The molecular weight excluding hydrogens is 234 g/mol. The molecule has 0 aliphatic carbocycles. The van der Waals surface area contributed by atoms with Crippen molar-refractivity contribution in [2.45, 2.75) is 52.6 Å². The third kappa shape index (κ3) is 3.69. The molecule has 0 radical (unpaired) electrons. The Morgan fingerprint density at radius 2 is 2.32 bits per heavy atom. The molecule has 3 heteroatoms. The Bertz CT molecular complexity index is 389. The van der Waals surface area contributed by atoms with Crippen LogP contribution in [-0.4, -0.2) is 29.0 Å². The van der Waals surface area contributed by atoms with E-state index in [9.17, 15) is 0 Å². The number of likely N-dealkylation sites (tertiary alicyclic amines) is 1. The number of nitrogens with one attached hydrogen (secondary N) is 1. The van der Waals surface area contributed by atoms with Crippen molar-refractivity contribution in [3.8, 4) is 0 Å². The molecule has 0 aromatic carbocycles. The van der Waals surface area contributed by atoms with Gasteiger partial charge < -0.3 is 5.32 Å². The maximum absolute atomic E-state index is 4.49. The van der Waals surface area contributed by atoms with Gasteiger partial charge in [-0.3, -0.25) is 4.90 Å². The quantitative estimate of drug-likeness (QED) is 0.849. The average Bonchev–Trinajstić information content (AvgIpc) is 2.86. The highest BCUT2D eigenvalue weighted by Gasteiger charge is 2.27. The zero-order valence-electron chi connectivity index (χ0n) is 12.5. The molecule has 1 aromatic heterocycles. The maximum atomic E-state index is 4.49. The largest absolute Gasteiger partial charge is 0.370 e. The van der Waals surface area contributed by atoms with Gasteiger partial charge in [0, 0.05) is 30.9 Å². The predicted molar refractivity (Wildman–Crippen MR) is 81.3 cm³/mol. The zero-order chi connectivity index (χ0) is 13.7. The second kappa shape index (κ2) is 6.90. The lowest BCUT2D eigenvalue weighted by molar-refractivity contribution is 0.199. The molecule has 19 heavy (non-hydrogen) atoms. The van der Waals surface area contributed by atoms with Crippen LogP contribution in [0.4, 0.5) is 5.82 Å². The Morgan fingerprint density at radius 3 is 3.05 bits per heavy atom. The van der Waals surface area contributed by atoms with Gasteiger partial charge in [-0.25, -0.2) is 4.98 Å². The van der Waals surface area contributed by atoms with E-state index in [0.29, 0.717) is 0 Å². The van der Waals surface area contributed by atoms with Gasteiger partial charge >= 0.3 is 0 Å². The number of rotatable bonds is 6. The van der Waals surface area contributed by atoms with Gasteiger partial charge in [0.15, 0.2) is 0 Å². The number of hydrogen-bond donors (Lipinski definition) is 1. The van der Waals surface area contributed by atoms with E-state index in [2.05, 4.69) is 42.0 Å². The van der Waals surface area contributed by atoms with Gasteiger partial charge in [0.1, 0.15) is 5.82 Å². The van der Waals surface area contributed by atoms with Crippen molar-refractivity contribution in [1.29, 1.82) is 0 Å². The maximum Gasteiger partial charge on any atom is 0.130 e. The van der Waals surface area contributed by atoms with E-state index in [1.54, 1.807) is 0 Å². The number of nitrogens with zero attached hydrogens (tertiary/aromatic N) is 2. The molecule has 3 nitrogen and oxygen atoms in total. The normalized spacial score (nSPS) is 20.1. The minimum absolute atomic E-state index is 0.735. The molecule has 0 spiro atoms. The highest BCUT2D eigenvalue weighted by Crippen LogP contribution is 2.26. The molecule has 1 fully saturated rings. The Hall–Kier alpha value is -1.09. The van der Waals surface area contributed by atoms with E-state index in [4.69, 9.17) is 0 Å². The van der Waals surface area contributed by atoms with Crippen LogP contribution in [0.2, 0.25) is 0 Å². The number of pyridine rings is 1. The van der Waals surface area contributed by atoms with Crippen molar-refractivity contribution in [3.05, 3.63) is 23.9 Å². The fourth-order valence-electron chi connectivity index (χ4n) is 2.99. The minimum Gasteiger partial charge on any atom is -0.370 e. The first-order chi connectivity index (χ1) is 9.22. The average molecular weight is 261 g/mol. The molecule has 1 atom stereocenters. The molecule has 1 unspecified atom stereocenters. The minimum atomic E-state index is 0.735. The fraction of sp³-hybridized carbons (Fsp3) is 0.688. The van der Waals surface area contributed by atoms with Crippen molar-refractivity contribution >= 4 is 5.82 Å². The molecule has 2 rings (SSSR count). The summed E-state index contributed by atoms with van der Waals surface area (Å²) in [6, 6.07) is 4.99. The Labute approximate surface area is 117 Å². The van der Waals surface area contributed by atoms with Crippen LogP contribution < -0.4 is 5.32 Å². The first kappa shape index (κ1) is 14.3. The van der Waals surface area contributed by atoms with Crippen LogP contribution in [0.5, 0.6) is 0 Å². The summed E-state index contributed by atoms with van der Waals surface area (Å²) in [6.45, 7) is 10.1. The summed E-state index contributed by atoms with van der Waals surface area (Å²) >= 11 is 0. The third-order valence-electron chi connectivity index (χ3n) is 3.99. The van der Waals surface area contributed by atoms with Crippen molar-refractivity contribution in [2.24, 2.45) is 5.92 Å². The van der Waals surface area contributed by atoms with E-state index >= 15 is 0 Å². The Morgan fingerprint density at radius 1 is 1.47 bits per heavy atom. The first-order valence-corrected chi connectivity index (χ1v) is 7.64. The smallest absolute Gasteiger partial charge is 0.130 e. The molecule has 0 bridgehead atoms. The van der Waals surface area contributed by atoms with Gasteiger partial charge in [-0.2, -0.15) is 0 Å². The summed E-state index contributed by atoms with van der Waals surface area (Å²) in [6.07, 6.45) is 5.69.